The number of rotatable bonds is 7. The fourth-order valence-corrected chi connectivity index (χ4v) is 4.37. The molecule has 13 heteroatoms. The normalized spacial score (nSPS) is 18.2. The van der Waals surface area contributed by atoms with Crippen LogP contribution >= 0.6 is 0 Å². The number of ether oxygens (including phenoxy) is 1. The van der Waals surface area contributed by atoms with Crippen LogP contribution in [0.3, 0.4) is 0 Å². The highest BCUT2D eigenvalue weighted by Gasteiger charge is 2.34. The number of hydrogen-bond donors (Lipinski definition) is 2. The van der Waals surface area contributed by atoms with Gasteiger partial charge in [0, 0.05) is 57.6 Å². The number of carbonyl (C=O) groups is 4. The summed E-state index contributed by atoms with van der Waals surface area (Å²) in [5.74, 6) is -2.72. The fraction of sp³-hybridized carbons (Fsp3) is 0.400. The number of aromatic nitrogens is 1. The summed E-state index contributed by atoms with van der Waals surface area (Å²) in [4.78, 5) is 56.5. The smallest absolute Gasteiger partial charge is 0.414 e. The number of pyridine rings is 1. The average Bonchev–Trinajstić information content (AvgIpc) is 3.28. The first-order valence-electron chi connectivity index (χ1n) is 12.1. The Bertz CT molecular complexity index is 1200. The van der Waals surface area contributed by atoms with E-state index in [0.29, 0.717) is 5.56 Å². The molecule has 3 heterocycles. The van der Waals surface area contributed by atoms with Crippen molar-refractivity contribution >= 4 is 35.2 Å². The molecule has 11 nitrogen and oxygen atoms in total. The van der Waals surface area contributed by atoms with Gasteiger partial charge in [0.1, 0.15) is 17.8 Å². The van der Waals surface area contributed by atoms with Gasteiger partial charge in [-0.3, -0.25) is 24.3 Å². The Morgan fingerprint density at radius 1 is 1.16 bits per heavy atom. The predicted molar refractivity (Wildman–Crippen MR) is 133 cm³/mol. The van der Waals surface area contributed by atoms with Crippen molar-refractivity contribution < 1.29 is 32.7 Å². The van der Waals surface area contributed by atoms with Crippen LogP contribution in [-0.4, -0.2) is 85.1 Å². The Kier molecular flexibility index (Phi) is 8.03. The van der Waals surface area contributed by atoms with Crippen LogP contribution in [-0.2, 0) is 14.3 Å². The van der Waals surface area contributed by atoms with Gasteiger partial charge in [-0.1, -0.05) is 0 Å². The third-order valence-electron chi connectivity index (χ3n) is 6.32. The van der Waals surface area contributed by atoms with Crippen molar-refractivity contribution in [2.45, 2.75) is 26.0 Å². The molecule has 2 aliphatic rings. The highest BCUT2D eigenvalue weighted by molar-refractivity contribution is 5.97. The summed E-state index contributed by atoms with van der Waals surface area (Å²) in [7, 11) is 0. The molecule has 2 fully saturated rings. The molecule has 38 heavy (non-hydrogen) atoms. The van der Waals surface area contributed by atoms with Crippen molar-refractivity contribution in [3.63, 3.8) is 0 Å². The van der Waals surface area contributed by atoms with E-state index in [9.17, 15) is 19.2 Å². The number of nitrogens with one attached hydrogen (secondary N) is 2. The average molecular weight is 531 g/mol. The zero-order valence-electron chi connectivity index (χ0n) is 20.9. The molecule has 0 aliphatic carbocycles. The van der Waals surface area contributed by atoms with Gasteiger partial charge in [0.15, 0.2) is 11.6 Å². The molecule has 2 N–H and O–H groups in total. The van der Waals surface area contributed by atoms with E-state index in [2.05, 4.69) is 15.6 Å². The predicted octanol–water partition coefficient (Wildman–Crippen LogP) is 1.29. The lowest BCUT2D eigenvalue weighted by Crippen LogP contribution is -2.54. The van der Waals surface area contributed by atoms with Crippen molar-refractivity contribution in [3.05, 3.63) is 53.9 Å². The molecule has 4 rings (SSSR count). The number of amides is 4. The Balaban J connectivity index is 1.35. The highest BCUT2D eigenvalue weighted by Crippen LogP contribution is 2.31. The van der Waals surface area contributed by atoms with Crippen LogP contribution in [0.25, 0.3) is 0 Å². The van der Waals surface area contributed by atoms with E-state index in [0.717, 1.165) is 17.0 Å². The first-order valence-corrected chi connectivity index (χ1v) is 12.1. The first kappa shape index (κ1) is 26.8. The number of piperazine rings is 1. The standard InChI is InChI=1S/C25H28F2N6O5/c1-15(30-23(35)17-4-3-5-28-12-17)24(36)32-8-6-31(7-9-32)22-20(26)10-18(11-21(22)27)33-14-19(38-25(33)37)13-29-16(2)34/h3-5,10-12,15,19H,6-9,13-14H2,1-2H3,(H,29,34)(H,30,35). The molecular weight excluding hydrogens is 502 g/mol. The minimum atomic E-state index is -0.852. The van der Waals surface area contributed by atoms with Gasteiger partial charge < -0.3 is 25.2 Å². The molecular formula is C25H28F2N6O5. The second-order valence-electron chi connectivity index (χ2n) is 9.06. The molecule has 1 aromatic carbocycles. The number of nitrogens with zero attached hydrogens (tertiary/aromatic N) is 4. The Hall–Kier alpha value is -4.29. The molecule has 0 saturated carbocycles. The lowest BCUT2D eigenvalue weighted by Gasteiger charge is -2.37. The Labute approximate surface area is 217 Å². The van der Waals surface area contributed by atoms with E-state index in [1.54, 1.807) is 19.1 Å². The largest absolute Gasteiger partial charge is 0.442 e. The summed E-state index contributed by atoms with van der Waals surface area (Å²) in [6, 6.07) is 4.54. The van der Waals surface area contributed by atoms with Crippen molar-refractivity contribution in [1.29, 1.82) is 0 Å². The van der Waals surface area contributed by atoms with Crippen molar-refractivity contribution in [2.75, 3.05) is 49.1 Å². The number of anilines is 2. The second kappa shape index (κ2) is 11.4. The molecule has 2 aliphatic heterocycles. The quantitative estimate of drug-likeness (QED) is 0.553. The molecule has 202 valence electrons. The molecule has 0 bridgehead atoms. The lowest BCUT2D eigenvalue weighted by atomic mass is 10.1. The Morgan fingerprint density at radius 2 is 1.84 bits per heavy atom. The maximum absolute atomic E-state index is 15.1. The maximum Gasteiger partial charge on any atom is 0.414 e. The summed E-state index contributed by atoms with van der Waals surface area (Å²) in [5.41, 5.74) is 0.0871. The van der Waals surface area contributed by atoms with Gasteiger partial charge in [-0.15, -0.1) is 0 Å². The van der Waals surface area contributed by atoms with E-state index in [1.807, 2.05) is 0 Å². The second-order valence-corrected chi connectivity index (χ2v) is 9.06. The minimum absolute atomic E-state index is 0.00562. The van der Waals surface area contributed by atoms with Crippen LogP contribution in [0.2, 0.25) is 0 Å². The number of hydrogen-bond acceptors (Lipinski definition) is 7. The summed E-state index contributed by atoms with van der Waals surface area (Å²) >= 11 is 0. The molecule has 2 atom stereocenters. The van der Waals surface area contributed by atoms with Crippen LogP contribution in [0.15, 0.2) is 36.7 Å². The van der Waals surface area contributed by atoms with E-state index >= 15 is 8.78 Å². The van der Waals surface area contributed by atoms with Gasteiger partial charge in [0.25, 0.3) is 5.91 Å². The minimum Gasteiger partial charge on any atom is -0.442 e. The molecule has 2 unspecified atom stereocenters. The third kappa shape index (κ3) is 5.98. The first-order chi connectivity index (χ1) is 18.1. The van der Waals surface area contributed by atoms with E-state index in [-0.39, 0.29) is 62.5 Å². The van der Waals surface area contributed by atoms with Crippen molar-refractivity contribution in [3.8, 4) is 0 Å². The van der Waals surface area contributed by atoms with Gasteiger partial charge in [-0.2, -0.15) is 0 Å². The van der Waals surface area contributed by atoms with Crippen molar-refractivity contribution in [2.24, 2.45) is 0 Å². The molecule has 0 radical (unpaired) electrons. The summed E-state index contributed by atoms with van der Waals surface area (Å²) < 4.78 is 35.3. The zero-order chi connectivity index (χ0) is 27.4. The summed E-state index contributed by atoms with van der Waals surface area (Å²) in [5, 5.41) is 5.18. The molecule has 2 aromatic rings. The SMILES string of the molecule is CC(=O)NCC1CN(c2cc(F)c(N3CCN(C(=O)C(C)NC(=O)c4cccnc4)CC3)c(F)c2)C(=O)O1. The van der Waals surface area contributed by atoms with Crippen LogP contribution in [0.4, 0.5) is 25.0 Å². The van der Waals surface area contributed by atoms with E-state index in [1.165, 1.54) is 29.1 Å². The van der Waals surface area contributed by atoms with E-state index in [4.69, 9.17) is 4.74 Å². The number of cyclic esters (lactones) is 1. The van der Waals surface area contributed by atoms with Gasteiger partial charge in [0.2, 0.25) is 11.8 Å². The number of halogens is 2. The van der Waals surface area contributed by atoms with Crippen LogP contribution < -0.4 is 20.4 Å². The monoisotopic (exact) mass is 530 g/mol. The topological polar surface area (TPSA) is 124 Å². The van der Waals surface area contributed by atoms with Crippen LogP contribution in [0.5, 0.6) is 0 Å². The van der Waals surface area contributed by atoms with Gasteiger partial charge in [-0.25, -0.2) is 13.6 Å². The van der Waals surface area contributed by atoms with Crippen LogP contribution in [0, 0.1) is 11.6 Å². The highest BCUT2D eigenvalue weighted by atomic mass is 19.1. The Morgan fingerprint density at radius 3 is 2.45 bits per heavy atom. The fourth-order valence-electron chi connectivity index (χ4n) is 4.37. The van der Waals surface area contributed by atoms with Gasteiger partial charge in [0.05, 0.1) is 24.3 Å². The summed E-state index contributed by atoms with van der Waals surface area (Å²) in [6.07, 6.45) is 1.54. The molecule has 1 aromatic heterocycles. The van der Waals surface area contributed by atoms with Crippen molar-refractivity contribution in [1.82, 2.24) is 20.5 Å². The molecule has 2 saturated heterocycles. The third-order valence-corrected chi connectivity index (χ3v) is 6.32. The number of carbonyl (C=O) groups excluding carboxylic acids is 4. The maximum atomic E-state index is 15.1. The molecule has 4 amide bonds. The zero-order valence-corrected chi connectivity index (χ0v) is 20.9. The van der Waals surface area contributed by atoms with E-state index < -0.39 is 35.8 Å². The van der Waals surface area contributed by atoms with Gasteiger partial charge >= 0.3 is 6.09 Å². The summed E-state index contributed by atoms with van der Waals surface area (Å²) in [6.45, 7) is 3.79. The number of benzene rings is 1. The van der Waals surface area contributed by atoms with Crippen LogP contribution in [0.1, 0.15) is 24.2 Å². The van der Waals surface area contributed by atoms with Gasteiger partial charge in [-0.05, 0) is 19.1 Å². The molecule has 0 spiro atoms. The lowest BCUT2D eigenvalue weighted by molar-refractivity contribution is -0.133.